The normalized spacial score (nSPS) is 19.3. The summed E-state index contributed by atoms with van der Waals surface area (Å²) in [5.41, 5.74) is 0.934. The number of rotatable bonds is 24. The standard InChI is InChI=1S/C46H52F4N2O15S4/c1-45(21-12-26-68(54,55)56)33-28-31(70(60,61)62)17-19-37(33)51(23-11-7-10-16-41(53)67-44-42(49)35(47)30-36(48)43(44)50)39(45)14-8-5-4-6-9-15-40-46(2,22-13-27-69(57,58)59)34-29-32(71(63,64)65)18-20-38(34)52(40)24-25-66-3/h4-6,8-9,14-15,17-20,28-30H,7,10-13,16,21-27H2,1-3H3,(H3-,54,55,56,57,58,59,60,61,62,63,64,65)/p+1. The molecule has 2 unspecified atom stereocenters. The van der Waals surface area contributed by atoms with E-state index in [0.717, 1.165) is 0 Å². The average molecular weight is 1080 g/mol. The molecule has 0 spiro atoms. The monoisotopic (exact) mass is 1080 g/mol. The van der Waals surface area contributed by atoms with E-state index >= 15 is 0 Å². The highest BCUT2D eigenvalue weighted by atomic mass is 32.2. The van der Waals surface area contributed by atoms with Crippen molar-refractivity contribution in [1.82, 2.24) is 0 Å². The predicted molar refractivity (Wildman–Crippen MR) is 253 cm³/mol. The van der Waals surface area contributed by atoms with E-state index in [-0.39, 0.29) is 56.2 Å². The zero-order valence-electron chi connectivity index (χ0n) is 38.6. The van der Waals surface area contributed by atoms with Gasteiger partial charge in [-0.25, -0.2) is 8.78 Å². The molecular formula is C46H53F4N2O15S4+. The van der Waals surface area contributed by atoms with E-state index in [0.29, 0.717) is 53.3 Å². The molecule has 25 heteroatoms. The molecule has 0 radical (unpaired) electrons. The minimum absolute atomic E-state index is 0.0130. The molecule has 0 aliphatic carbocycles. The highest BCUT2D eigenvalue weighted by molar-refractivity contribution is 7.86. The first-order valence-corrected chi connectivity index (χ1v) is 27.9. The molecule has 17 nitrogen and oxygen atoms in total. The van der Waals surface area contributed by atoms with Crippen LogP contribution in [-0.2, 0) is 60.8 Å². The van der Waals surface area contributed by atoms with Crippen molar-refractivity contribution in [2.75, 3.05) is 43.2 Å². The van der Waals surface area contributed by atoms with Gasteiger partial charge in [0, 0.05) is 67.1 Å². The maximum atomic E-state index is 14.1. The Morgan fingerprint density at radius 1 is 0.690 bits per heavy atom. The topological polar surface area (TPSA) is 259 Å². The lowest BCUT2D eigenvalue weighted by molar-refractivity contribution is -0.438. The molecule has 0 saturated heterocycles. The number of esters is 1. The van der Waals surface area contributed by atoms with Gasteiger partial charge in [0.25, 0.3) is 40.5 Å². The molecule has 2 heterocycles. The SMILES string of the molecule is COCCN1/C(=C/C=C/C=C/C=C/C2=[N+](CCCCCC(=O)Oc3c(F)c(F)cc(F)c3F)c3ccc(S(=O)(=O)O)cc3C2(C)CCCS(=O)(=O)O)C(C)(CCCS(=O)(=O)O)c2cc(S(=O)(=O)O)ccc21. The van der Waals surface area contributed by atoms with Crippen molar-refractivity contribution in [3.63, 3.8) is 0 Å². The van der Waals surface area contributed by atoms with Gasteiger partial charge in [-0.05, 0) is 94.3 Å². The van der Waals surface area contributed by atoms with Gasteiger partial charge in [-0.1, -0.05) is 30.4 Å². The lowest BCUT2D eigenvalue weighted by Crippen LogP contribution is -2.32. The van der Waals surface area contributed by atoms with Crippen LogP contribution in [0.1, 0.15) is 76.3 Å². The molecule has 2 aliphatic rings. The van der Waals surface area contributed by atoms with Crippen molar-refractivity contribution in [2.24, 2.45) is 0 Å². The van der Waals surface area contributed by atoms with Crippen molar-refractivity contribution < 1.29 is 88.3 Å². The van der Waals surface area contributed by atoms with Crippen molar-refractivity contribution in [3.8, 4) is 5.75 Å². The molecule has 0 amide bonds. The van der Waals surface area contributed by atoms with Crippen LogP contribution in [0.4, 0.5) is 28.9 Å². The van der Waals surface area contributed by atoms with Crippen LogP contribution < -0.4 is 9.64 Å². The van der Waals surface area contributed by atoms with Crippen LogP contribution in [0.3, 0.4) is 0 Å². The van der Waals surface area contributed by atoms with E-state index < -0.39 is 109 Å². The van der Waals surface area contributed by atoms with Crippen molar-refractivity contribution >= 4 is 63.5 Å². The largest absolute Gasteiger partial charge is 0.420 e. The van der Waals surface area contributed by atoms with Gasteiger partial charge < -0.3 is 14.4 Å². The van der Waals surface area contributed by atoms with Crippen LogP contribution in [0.5, 0.6) is 5.75 Å². The highest BCUT2D eigenvalue weighted by Gasteiger charge is 2.48. The van der Waals surface area contributed by atoms with Crippen LogP contribution >= 0.6 is 0 Å². The molecule has 388 valence electrons. The minimum Gasteiger partial charge on any atom is -0.420 e. The van der Waals surface area contributed by atoms with Crippen LogP contribution in [0, 0.1) is 23.3 Å². The first kappa shape index (κ1) is 56.8. The number of methoxy groups -OCH3 is 1. The second-order valence-electron chi connectivity index (χ2n) is 17.2. The van der Waals surface area contributed by atoms with Gasteiger partial charge in [-0.2, -0.15) is 47.0 Å². The summed E-state index contributed by atoms with van der Waals surface area (Å²) in [6, 6.07) is 7.96. The van der Waals surface area contributed by atoms with Gasteiger partial charge in [0.2, 0.25) is 23.1 Å². The maximum Gasteiger partial charge on any atom is 0.311 e. The van der Waals surface area contributed by atoms with Crippen molar-refractivity contribution in [3.05, 3.63) is 125 Å². The van der Waals surface area contributed by atoms with E-state index in [9.17, 15) is 74.2 Å². The number of ether oxygens (including phenoxy) is 2. The fourth-order valence-electron chi connectivity index (χ4n) is 8.80. The minimum atomic E-state index is -4.72. The first-order chi connectivity index (χ1) is 33.0. The van der Waals surface area contributed by atoms with Crippen LogP contribution in [0.25, 0.3) is 0 Å². The third-order valence-corrected chi connectivity index (χ3v) is 15.5. The Labute approximate surface area is 409 Å². The Kier molecular flexibility index (Phi) is 18.2. The van der Waals surface area contributed by atoms with E-state index in [4.69, 9.17) is 4.74 Å². The third-order valence-electron chi connectivity index (χ3n) is 12.2. The number of nitrogens with zero attached hydrogens (tertiary/aromatic N) is 2. The lowest BCUT2D eigenvalue weighted by atomic mass is 9.76. The maximum absolute atomic E-state index is 14.1. The Morgan fingerprint density at radius 3 is 1.82 bits per heavy atom. The number of hydrogen-bond donors (Lipinski definition) is 4. The molecule has 0 bridgehead atoms. The zero-order chi connectivity index (χ0) is 52.7. The van der Waals surface area contributed by atoms with E-state index in [2.05, 4.69) is 4.74 Å². The summed E-state index contributed by atoms with van der Waals surface area (Å²) in [5.74, 6) is -11.1. The third kappa shape index (κ3) is 14.1. The summed E-state index contributed by atoms with van der Waals surface area (Å²) in [6.07, 6.45) is 12.1. The summed E-state index contributed by atoms with van der Waals surface area (Å²) < 4.78 is 202. The quantitative estimate of drug-likeness (QED) is 0.00985. The number of fused-ring (bicyclic) bond motifs is 2. The van der Waals surface area contributed by atoms with Crippen LogP contribution in [0.15, 0.2) is 100 Å². The fraction of sp³-hybridized carbons (Fsp3) is 0.391. The molecule has 3 aromatic carbocycles. The zero-order valence-corrected chi connectivity index (χ0v) is 41.9. The summed E-state index contributed by atoms with van der Waals surface area (Å²) in [5, 5.41) is 0. The summed E-state index contributed by atoms with van der Waals surface area (Å²) in [4.78, 5) is 13.5. The Bertz CT molecular complexity index is 3130. The number of benzene rings is 3. The van der Waals surface area contributed by atoms with Crippen LogP contribution in [0.2, 0.25) is 0 Å². The first-order valence-electron chi connectivity index (χ1n) is 21.8. The molecule has 0 fully saturated rings. The summed E-state index contributed by atoms with van der Waals surface area (Å²) >= 11 is 0. The molecular weight excluding hydrogens is 1020 g/mol. The Hall–Kier alpha value is -5.12. The van der Waals surface area contributed by atoms with Gasteiger partial charge in [-0.3, -0.25) is 23.0 Å². The number of carbonyl (C=O) groups is 1. The molecule has 4 N–H and O–H groups in total. The van der Waals surface area contributed by atoms with Gasteiger partial charge in [0.15, 0.2) is 17.3 Å². The molecule has 2 atom stereocenters. The fourth-order valence-corrected chi connectivity index (χ4v) is 10.8. The molecule has 0 aromatic heterocycles. The van der Waals surface area contributed by atoms with Gasteiger partial charge in [0.1, 0.15) is 6.54 Å². The number of unbranched alkanes of at least 4 members (excludes halogenated alkanes) is 2. The lowest BCUT2D eigenvalue weighted by Gasteiger charge is -2.30. The van der Waals surface area contributed by atoms with Crippen molar-refractivity contribution in [2.45, 2.75) is 85.8 Å². The summed E-state index contributed by atoms with van der Waals surface area (Å²) in [6.45, 7) is 4.23. The van der Waals surface area contributed by atoms with Crippen LogP contribution in [-0.4, -0.2) is 106 Å². The second-order valence-corrected chi connectivity index (χ2v) is 23.2. The molecule has 0 saturated carbocycles. The Morgan fingerprint density at radius 2 is 1.24 bits per heavy atom. The molecule has 2 aliphatic heterocycles. The van der Waals surface area contributed by atoms with Gasteiger partial charge in [0.05, 0.1) is 33.3 Å². The number of anilines is 1. The second kappa shape index (κ2) is 22.7. The summed E-state index contributed by atoms with van der Waals surface area (Å²) in [7, 11) is -16.6. The smallest absolute Gasteiger partial charge is 0.311 e. The highest BCUT2D eigenvalue weighted by Crippen LogP contribution is 2.51. The van der Waals surface area contributed by atoms with Gasteiger partial charge >= 0.3 is 5.97 Å². The molecule has 3 aromatic rings. The predicted octanol–water partition coefficient (Wildman–Crippen LogP) is 7.57. The number of hydrogen-bond acceptors (Lipinski definition) is 12. The van der Waals surface area contributed by atoms with E-state index in [1.165, 1.54) is 43.5 Å². The average Bonchev–Trinajstić information content (AvgIpc) is 3.63. The van der Waals surface area contributed by atoms with E-state index in [1.54, 1.807) is 56.4 Å². The molecule has 71 heavy (non-hydrogen) atoms. The number of carbonyl (C=O) groups excluding carboxylic acids is 1. The van der Waals surface area contributed by atoms with Gasteiger partial charge in [-0.15, -0.1) is 0 Å². The van der Waals surface area contributed by atoms with E-state index in [1.807, 2.05) is 9.48 Å². The van der Waals surface area contributed by atoms with Crippen molar-refractivity contribution in [1.29, 1.82) is 0 Å². The Balaban J connectivity index is 1.46. The molecule has 5 rings (SSSR count). The number of halogens is 4. The number of allylic oxidation sites excluding steroid dienone is 8.